The summed E-state index contributed by atoms with van der Waals surface area (Å²) in [6, 6.07) is 14.3. The van der Waals surface area contributed by atoms with Crippen molar-refractivity contribution < 1.29 is 9.18 Å². The maximum atomic E-state index is 13.6. The van der Waals surface area contributed by atoms with Gasteiger partial charge in [0.05, 0.1) is 10.6 Å². The first-order valence-corrected chi connectivity index (χ1v) is 11.6. The van der Waals surface area contributed by atoms with Crippen LogP contribution in [0, 0.1) is 32.0 Å². The number of aryl methyl sites for hydroxylation is 2. The largest absolute Gasteiger partial charge is 0.318 e. The van der Waals surface area contributed by atoms with Crippen molar-refractivity contribution in [1.82, 2.24) is 9.58 Å². The monoisotopic (exact) mass is 491 g/mol. The van der Waals surface area contributed by atoms with Gasteiger partial charge in [0.15, 0.2) is 5.84 Å². The quantitative estimate of drug-likeness (QED) is 0.466. The minimum atomic E-state index is -0.487. The molecule has 5 rings (SSSR count). The van der Waals surface area contributed by atoms with E-state index < -0.39 is 11.7 Å². The Bertz CT molecular complexity index is 1490. The van der Waals surface area contributed by atoms with Crippen LogP contribution in [0.5, 0.6) is 0 Å². The van der Waals surface area contributed by atoms with Gasteiger partial charge in [0.1, 0.15) is 10.9 Å². The average Bonchev–Trinajstić information content (AvgIpc) is 3.34. The number of aliphatic imine (C=N–C) groups is 1. The highest BCUT2D eigenvalue weighted by molar-refractivity contribution is 8.27. The van der Waals surface area contributed by atoms with Gasteiger partial charge in [0.25, 0.3) is 5.91 Å². The molecule has 0 atom stereocenters. The van der Waals surface area contributed by atoms with E-state index in [1.165, 1.54) is 22.8 Å². The van der Waals surface area contributed by atoms with Crippen LogP contribution in [0.1, 0.15) is 28.1 Å². The summed E-state index contributed by atoms with van der Waals surface area (Å²) in [5, 5.41) is 15.7. The zero-order valence-corrected chi connectivity index (χ0v) is 20.1. The number of carbonyl (C=O) groups is 1. The third kappa shape index (κ3) is 3.78. The van der Waals surface area contributed by atoms with Gasteiger partial charge in [-0.2, -0.15) is 15.1 Å². The topological polar surface area (TPSA) is 73.8 Å². The molecule has 1 amide bonds. The van der Waals surface area contributed by atoms with Crippen LogP contribution in [0.3, 0.4) is 0 Å². The molecule has 0 fully saturated rings. The lowest BCUT2D eigenvalue weighted by atomic mass is 10.1. The lowest BCUT2D eigenvalue weighted by Gasteiger charge is -2.20. The van der Waals surface area contributed by atoms with Gasteiger partial charge in [-0.25, -0.2) is 4.39 Å². The summed E-state index contributed by atoms with van der Waals surface area (Å²) in [7, 11) is 0. The number of fused-ring (bicyclic) bond motifs is 1. The summed E-state index contributed by atoms with van der Waals surface area (Å²) < 4.78 is 15.6. The zero-order valence-electron chi connectivity index (χ0n) is 18.6. The Morgan fingerprint density at radius 2 is 1.91 bits per heavy atom. The number of aromatic nitrogens is 1. The van der Waals surface area contributed by atoms with Crippen molar-refractivity contribution in [3.63, 3.8) is 0 Å². The van der Waals surface area contributed by atoms with Gasteiger partial charge in [-0.3, -0.25) is 10.2 Å². The van der Waals surface area contributed by atoms with Crippen molar-refractivity contribution in [2.24, 2.45) is 10.1 Å². The Morgan fingerprint density at radius 1 is 1.12 bits per heavy atom. The number of amides is 1. The van der Waals surface area contributed by atoms with E-state index in [0.29, 0.717) is 15.9 Å². The molecule has 2 aromatic carbocycles. The number of nitrogens with zero attached hydrogens (tertiary/aromatic N) is 4. The molecule has 0 bridgehead atoms. The normalized spacial score (nSPS) is 16.7. The van der Waals surface area contributed by atoms with Crippen LogP contribution in [0.25, 0.3) is 11.8 Å². The van der Waals surface area contributed by atoms with E-state index in [-0.39, 0.29) is 16.4 Å². The van der Waals surface area contributed by atoms with Crippen LogP contribution in [0.4, 0.5) is 4.39 Å². The van der Waals surface area contributed by atoms with Gasteiger partial charge in [-0.1, -0.05) is 35.4 Å². The molecule has 1 N–H and O–H groups in total. The number of nitrogens with one attached hydrogen (secondary N) is 1. The Kier molecular flexibility index (Phi) is 5.50. The molecule has 0 spiro atoms. The zero-order chi connectivity index (χ0) is 24.1. The molecule has 2 aliphatic heterocycles. The maximum Gasteiger partial charge on any atom is 0.283 e. The highest BCUT2D eigenvalue weighted by Gasteiger charge is 2.36. The second kappa shape index (κ2) is 8.38. The molecule has 0 aliphatic carbocycles. The molecule has 3 aromatic rings. The van der Waals surface area contributed by atoms with Crippen LogP contribution >= 0.6 is 23.4 Å². The lowest BCUT2D eigenvalue weighted by Crippen LogP contribution is -2.35. The maximum absolute atomic E-state index is 13.6. The number of hydrogen-bond donors (Lipinski definition) is 1. The summed E-state index contributed by atoms with van der Waals surface area (Å²) in [5.41, 5.74) is 5.31. The molecule has 2 aliphatic rings. The first-order chi connectivity index (χ1) is 16.2. The van der Waals surface area contributed by atoms with E-state index in [1.54, 1.807) is 18.2 Å². The third-order valence-electron chi connectivity index (χ3n) is 5.65. The molecule has 170 valence electrons. The van der Waals surface area contributed by atoms with Crippen molar-refractivity contribution in [2.75, 3.05) is 0 Å². The van der Waals surface area contributed by atoms with Gasteiger partial charge in [0, 0.05) is 22.6 Å². The van der Waals surface area contributed by atoms with Crippen LogP contribution in [0.2, 0.25) is 5.02 Å². The number of hydrazone groups is 1. The van der Waals surface area contributed by atoms with Crippen LogP contribution in [-0.4, -0.2) is 31.5 Å². The predicted octanol–water partition coefficient (Wildman–Crippen LogP) is 5.86. The van der Waals surface area contributed by atoms with E-state index in [1.807, 2.05) is 55.7 Å². The van der Waals surface area contributed by atoms with E-state index in [9.17, 15) is 9.18 Å². The minimum Gasteiger partial charge on any atom is -0.318 e. The second-order valence-electron chi connectivity index (χ2n) is 8.05. The van der Waals surface area contributed by atoms with Crippen molar-refractivity contribution in [2.45, 2.75) is 20.8 Å². The van der Waals surface area contributed by atoms with Gasteiger partial charge in [-0.05, 0) is 74.5 Å². The highest BCUT2D eigenvalue weighted by atomic mass is 35.5. The number of amidine groups is 2. The van der Waals surface area contributed by atoms with E-state index in [2.05, 4.69) is 10.1 Å². The number of rotatable bonds is 3. The smallest absolute Gasteiger partial charge is 0.283 e. The third-order valence-corrected chi connectivity index (χ3v) is 6.90. The SMILES string of the molecule is Cc1cccc(C2=NN3C(=N)/C(=C\c4cc(C)n(-c5ccc(F)c(Cl)c5)c4C)C(=O)N=C3S2)c1. The molecular formula is C25H19ClFN5OS. The Labute approximate surface area is 205 Å². The summed E-state index contributed by atoms with van der Waals surface area (Å²) >= 11 is 7.25. The fourth-order valence-electron chi connectivity index (χ4n) is 4.00. The molecule has 3 heterocycles. The summed E-state index contributed by atoms with van der Waals surface area (Å²) in [4.78, 5) is 17.0. The number of halogens is 2. The summed E-state index contributed by atoms with van der Waals surface area (Å²) in [5.74, 6) is -1.00. The average molecular weight is 492 g/mol. The van der Waals surface area contributed by atoms with Crippen LogP contribution in [-0.2, 0) is 4.79 Å². The predicted molar refractivity (Wildman–Crippen MR) is 136 cm³/mol. The second-order valence-corrected chi connectivity index (χ2v) is 9.42. The van der Waals surface area contributed by atoms with Gasteiger partial charge >= 0.3 is 0 Å². The first kappa shape index (κ1) is 22.3. The summed E-state index contributed by atoms with van der Waals surface area (Å²) in [6.07, 6.45) is 1.65. The first-order valence-electron chi connectivity index (χ1n) is 10.4. The Hall–Kier alpha value is -3.49. The van der Waals surface area contributed by atoms with E-state index in [0.717, 1.165) is 28.1 Å². The van der Waals surface area contributed by atoms with Gasteiger partial charge in [0.2, 0.25) is 5.17 Å². The van der Waals surface area contributed by atoms with Crippen LogP contribution in [0.15, 0.2) is 64.2 Å². The van der Waals surface area contributed by atoms with E-state index >= 15 is 0 Å². The molecule has 0 saturated carbocycles. The molecule has 34 heavy (non-hydrogen) atoms. The molecule has 0 unspecified atom stereocenters. The molecule has 6 nitrogen and oxygen atoms in total. The van der Waals surface area contributed by atoms with Crippen molar-refractivity contribution in [1.29, 1.82) is 5.41 Å². The fraction of sp³-hybridized carbons (Fsp3) is 0.120. The number of thioether (sulfide) groups is 1. The van der Waals surface area contributed by atoms with Crippen LogP contribution < -0.4 is 0 Å². The lowest BCUT2D eigenvalue weighted by molar-refractivity contribution is -0.114. The molecule has 9 heteroatoms. The molecular weight excluding hydrogens is 473 g/mol. The number of benzene rings is 2. The van der Waals surface area contributed by atoms with Gasteiger partial charge in [-0.15, -0.1) is 0 Å². The van der Waals surface area contributed by atoms with Crippen molar-refractivity contribution in [3.05, 3.63) is 93.0 Å². The number of hydrogen-bond acceptors (Lipinski definition) is 4. The Balaban J connectivity index is 1.51. The Morgan fingerprint density at radius 3 is 2.65 bits per heavy atom. The highest BCUT2D eigenvalue weighted by Crippen LogP contribution is 2.32. The minimum absolute atomic E-state index is 0.0280. The van der Waals surface area contributed by atoms with Gasteiger partial charge < -0.3 is 4.57 Å². The van der Waals surface area contributed by atoms with Crippen molar-refractivity contribution >= 4 is 51.4 Å². The fourth-order valence-corrected chi connectivity index (χ4v) is 5.06. The summed E-state index contributed by atoms with van der Waals surface area (Å²) in [6.45, 7) is 5.80. The molecule has 0 saturated heterocycles. The molecule has 0 radical (unpaired) electrons. The van der Waals surface area contributed by atoms with E-state index in [4.69, 9.17) is 17.0 Å². The standard InChI is InChI=1S/C25H19ClFN5OS/c1-13-5-4-6-16(9-13)24-30-32-22(28)19(23(33)29-25(32)34-24)11-17-10-14(2)31(15(17)3)18-7-8-21(27)20(26)12-18/h4-12,28H,1-3H3/b19-11+,28-22?. The number of carbonyl (C=O) groups excluding carboxylic acids is 1. The van der Waals surface area contributed by atoms with Crippen molar-refractivity contribution in [3.8, 4) is 5.69 Å². The molecule has 1 aromatic heterocycles.